The van der Waals surface area contributed by atoms with Crippen LogP contribution in [0.3, 0.4) is 0 Å². The lowest BCUT2D eigenvalue weighted by molar-refractivity contribution is -0.124. The standard InChI is InChI=1S/C24H33N3O2/c1-17(2)22(26-23(28)20-13-9-10-18(3)14-20)24(29)25-16-21(27(4)5)15-19-11-7-6-8-12-19/h6-14,17,21-22H,15-16H2,1-5H3,(H,25,29)(H,26,28). The average molecular weight is 396 g/mol. The second-order valence-electron chi connectivity index (χ2n) is 8.12. The summed E-state index contributed by atoms with van der Waals surface area (Å²) in [6.45, 7) is 6.34. The van der Waals surface area contributed by atoms with Gasteiger partial charge < -0.3 is 15.5 Å². The van der Waals surface area contributed by atoms with E-state index in [-0.39, 0.29) is 23.8 Å². The molecule has 29 heavy (non-hydrogen) atoms. The summed E-state index contributed by atoms with van der Waals surface area (Å²) in [5.74, 6) is -0.396. The van der Waals surface area contributed by atoms with Gasteiger partial charge >= 0.3 is 0 Å². The Labute approximate surface area is 174 Å². The first-order chi connectivity index (χ1) is 13.8. The van der Waals surface area contributed by atoms with Crippen molar-refractivity contribution in [1.29, 1.82) is 0 Å². The molecule has 156 valence electrons. The Bertz CT molecular complexity index is 803. The maximum absolute atomic E-state index is 12.9. The Kier molecular flexibility index (Phi) is 8.40. The summed E-state index contributed by atoms with van der Waals surface area (Å²) in [6, 6.07) is 17.2. The van der Waals surface area contributed by atoms with Crippen LogP contribution >= 0.6 is 0 Å². The lowest BCUT2D eigenvalue weighted by Crippen LogP contribution is -2.52. The molecule has 0 aliphatic carbocycles. The zero-order chi connectivity index (χ0) is 21.4. The quantitative estimate of drug-likeness (QED) is 0.686. The maximum atomic E-state index is 12.9. The summed E-state index contributed by atoms with van der Waals surface area (Å²) < 4.78 is 0. The van der Waals surface area contributed by atoms with Crippen LogP contribution in [0.5, 0.6) is 0 Å². The van der Waals surface area contributed by atoms with Gasteiger partial charge in [0.1, 0.15) is 6.04 Å². The lowest BCUT2D eigenvalue weighted by atomic mass is 10.0. The molecule has 2 aromatic rings. The van der Waals surface area contributed by atoms with Gasteiger partial charge in [0.15, 0.2) is 0 Å². The fourth-order valence-electron chi connectivity index (χ4n) is 3.20. The van der Waals surface area contributed by atoms with E-state index in [0.717, 1.165) is 12.0 Å². The zero-order valence-electron chi connectivity index (χ0n) is 18.1. The van der Waals surface area contributed by atoms with Crippen molar-refractivity contribution in [2.45, 2.75) is 39.3 Å². The van der Waals surface area contributed by atoms with Crippen LogP contribution in [0.2, 0.25) is 0 Å². The van der Waals surface area contributed by atoms with Crippen molar-refractivity contribution in [3.8, 4) is 0 Å². The molecule has 0 spiro atoms. The first-order valence-electron chi connectivity index (χ1n) is 10.1. The SMILES string of the molecule is Cc1cccc(C(=O)NC(C(=O)NCC(Cc2ccccc2)N(C)C)C(C)C)c1. The number of hydrogen-bond acceptors (Lipinski definition) is 3. The van der Waals surface area contributed by atoms with E-state index in [2.05, 4.69) is 27.7 Å². The fraction of sp³-hybridized carbons (Fsp3) is 0.417. The average Bonchev–Trinajstić information content (AvgIpc) is 2.69. The number of benzene rings is 2. The minimum Gasteiger partial charge on any atom is -0.353 e. The largest absolute Gasteiger partial charge is 0.353 e. The molecule has 0 heterocycles. The second-order valence-corrected chi connectivity index (χ2v) is 8.12. The molecule has 2 unspecified atom stereocenters. The highest BCUT2D eigenvalue weighted by molar-refractivity contribution is 5.97. The molecule has 5 heteroatoms. The summed E-state index contributed by atoms with van der Waals surface area (Å²) >= 11 is 0. The molecule has 0 radical (unpaired) electrons. The van der Waals surface area contributed by atoms with Gasteiger partial charge in [0.25, 0.3) is 5.91 Å². The van der Waals surface area contributed by atoms with Crippen molar-refractivity contribution in [2.24, 2.45) is 5.92 Å². The van der Waals surface area contributed by atoms with Gasteiger partial charge in [0.05, 0.1) is 0 Å². The Morgan fingerprint density at radius 1 is 1.00 bits per heavy atom. The van der Waals surface area contributed by atoms with E-state index in [1.165, 1.54) is 5.56 Å². The van der Waals surface area contributed by atoms with Crippen LogP contribution in [0.15, 0.2) is 54.6 Å². The molecule has 5 nitrogen and oxygen atoms in total. The van der Waals surface area contributed by atoms with Crippen LogP contribution in [0.4, 0.5) is 0 Å². The van der Waals surface area contributed by atoms with Crippen LogP contribution in [-0.4, -0.2) is 49.4 Å². The van der Waals surface area contributed by atoms with Crippen LogP contribution in [0.1, 0.15) is 35.3 Å². The second kappa shape index (κ2) is 10.8. The normalized spacial score (nSPS) is 13.2. The van der Waals surface area contributed by atoms with Crippen molar-refractivity contribution in [1.82, 2.24) is 15.5 Å². The summed E-state index contributed by atoms with van der Waals surface area (Å²) in [5.41, 5.74) is 2.81. The molecule has 0 saturated carbocycles. The van der Waals surface area contributed by atoms with Crippen molar-refractivity contribution in [3.63, 3.8) is 0 Å². The Morgan fingerprint density at radius 2 is 1.69 bits per heavy atom. The molecule has 0 aliphatic rings. The first kappa shape index (κ1) is 22.6. The third-order valence-corrected chi connectivity index (χ3v) is 5.07. The highest BCUT2D eigenvalue weighted by Gasteiger charge is 2.25. The molecular formula is C24H33N3O2. The maximum Gasteiger partial charge on any atom is 0.251 e. The van der Waals surface area contributed by atoms with Crippen LogP contribution < -0.4 is 10.6 Å². The molecule has 0 fully saturated rings. The summed E-state index contributed by atoms with van der Waals surface area (Å²) in [7, 11) is 4.03. The fourth-order valence-corrected chi connectivity index (χ4v) is 3.20. The number of carbonyl (C=O) groups is 2. The van der Waals surface area contributed by atoms with Gasteiger partial charge in [0, 0.05) is 18.2 Å². The molecule has 0 bridgehead atoms. The number of likely N-dealkylation sites (N-methyl/N-ethyl adjacent to an activating group) is 1. The van der Waals surface area contributed by atoms with Crippen molar-refractivity contribution in [2.75, 3.05) is 20.6 Å². The number of rotatable bonds is 9. The molecular weight excluding hydrogens is 362 g/mol. The number of aryl methyl sites for hydroxylation is 1. The monoisotopic (exact) mass is 395 g/mol. The third-order valence-electron chi connectivity index (χ3n) is 5.07. The van der Waals surface area contributed by atoms with E-state index in [1.54, 1.807) is 6.07 Å². The van der Waals surface area contributed by atoms with Crippen molar-refractivity contribution >= 4 is 11.8 Å². The highest BCUT2D eigenvalue weighted by atomic mass is 16.2. The van der Waals surface area contributed by atoms with E-state index >= 15 is 0 Å². The van der Waals surface area contributed by atoms with Gasteiger partial charge in [-0.05, 0) is 51.1 Å². The smallest absolute Gasteiger partial charge is 0.251 e. The number of hydrogen-bond donors (Lipinski definition) is 2. The molecule has 0 aromatic heterocycles. The predicted octanol–water partition coefficient (Wildman–Crippen LogP) is 3.04. The molecule has 2 aromatic carbocycles. The number of carbonyl (C=O) groups excluding carboxylic acids is 2. The minimum atomic E-state index is -0.581. The minimum absolute atomic E-state index is 0.0179. The zero-order valence-corrected chi connectivity index (χ0v) is 18.1. The molecule has 2 N–H and O–H groups in total. The Morgan fingerprint density at radius 3 is 2.28 bits per heavy atom. The first-order valence-corrected chi connectivity index (χ1v) is 10.1. The number of nitrogens with zero attached hydrogens (tertiary/aromatic N) is 1. The van der Waals surface area contributed by atoms with Gasteiger partial charge in [-0.1, -0.05) is 61.9 Å². The third kappa shape index (κ3) is 7.02. The van der Waals surface area contributed by atoms with E-state index in [4.69, 9.17) is 0 Å². The Hall–Kier alpha value is -2.66. The molecule has 2 atom stereocenters. The van der Waals surface area contributed by atoms with Crippen molar-refractivity contribution in [3.05, 3.63) is 71.3 Å². The lowest BCUT2D eigenvalue weighted by Gasteiger charge is -2.27. The van der Waals surface area contributed by atoms with Gasteiger partial charge in [0.2, 0.25) is 5.91 Å². The molecule has 2 rings (SSSR count). The van der Waals surface area contributed by atoms with Crippen LogP contribution in [-0.2, 0) is 11.2 Å². The van der Waals surface area contributed by atoms with E-state index < -0.39 is 6.04 Å². The van der Waals surface area contributed by atoms with Crippen LogP contribution in [0.25, 0.3) is 0 Å². The van der Waals surface area contributed by atoms with Gasteiger partial charge in [-0.25, -0.2) is 0 Å². The Balaban J connectivity index is 1.99. The summed E-state index contributed by atoms with van der Waals surface area (Å²) in [5, 5.41) is 5.94. The molecule has 2 amide bonds. The number of amides is 2. The topological polar surface area (TPSA) is 61.4 Å². The summed E-state index contributed by atoms with van der Waals surface area (Å²) in [4.78, 5) is 27.6. The van der Waals surface area contributed by atoms with Gasteiger partial charge in [-0.2, -0.15) is 0 Å². The molecule has 0 aliphatic heterocycles. The van der Waals surface area contributed by atoms with Crippen LogP contribution in [0, 0.1) is 12.8 Å². The highest BCUT2D eigenvalue weighted by Crippen LogP contribution is 2.09. The van der Waals surface area contributed by atoms with Gasteiger partial charge in [-0.3, -0.25) is 9.59 Å². The van der Waals surface area contributed by atoms with E-state index in [9.17, 15) is 9.59 Å². The summed E-state index contributed by atoms with van der Waals surface area (Å²) in [6.07, 6.45) is 0.843. The van der Waals surface area contributed by atoms with E-state index in [0.29, 0.717) is 12.1 Å². The predicted molar refractivity (Wildman–Crippen MR) is 118 cm³/mol. The number of nitrogens with one attached hydrogen (secondary N) is 2. The van der Waals surface area contributed by atoms with Crippen molar-refractivity contribution < 1.29 is 9.59 Å². The van der Waals surface area contributed by atoms with Gasteiger partial charge in [-0.15, -0.1) is 0 Å². The molecule has 0 saturated heterocycles. The van der Waals surface area contributed by atoms with E-state index in [1.807, 2.05) is 71.3 Å².